The van der Waals surface area contributed by atoms with Gasteiger partial charge in [-0.25, -0.2) is 4.98 Å². The van der Waals surface area contributed by atoms with E-state index in [0.29, 0.717) is 42.2 Å². The lowest BCUT2D eigenvalue weighted by molar-refractivity contribution is -0.274. The monoisotopic (exact) mass is 533 g/mol. The number of likely N-dealkylation sites (tertiary alicyclic amines) is 1. The second kappa shape index (κ2) is 11.0. The lowest BCUT2D eigenvalue weighted by Crippen LogP contribution is -2.43. The van der Waals surface area contributed by atoms with Gasteiger partial charge in [0.05, 0.1) is 12.9 Å². The zero-order valence-corrected chi connectivity index (χ0v) is 21.5. The number of alkyl halides is 3. The summed E-state index contributed by atoms with van der Waals surface area (Å²) in [5, 5.41) is 3.18. The van der Waals surface area contributed by atoms with Crippen molar-refractivity contribution in [1.29, 1.82) is 0 Å². The van der Waals surface area contributed by atoms with E-state index < -0.39 is 6.36 Å². The van der Waals surface area contributed by atoms with Crippen LogP contribution in [0.15, 0.2) is 36.8 Å². The summed E-state index contributed by atoms with van der Waals surface area (Å²) in [7, 11) is 1.77. The van der Waals surface area contributed by atoms with Crippen LogP contribution in [0.4, 0.5) is 13.2 Å². The number of carbonyl (C=O) groups is 2. The third-order valence-electron chi connectivity index (χ3n) is 7.93. The molecule has 2 saturated carbocycles. The van der Waals surface area contributed by atoms with Crippen LogP contribution in [0.5, 0.6) is 5.75 Å². The fourth-order valence-corrected chi connectivity index (χ4v) is 6.08. The molecule has 1 aromatic carbocycles. The summed E-state index contributed by atoms with van der Waals surface area (Å²) in [5.41, 5.74) is 0.838. The normalized spacial score (nSPS) is 23.6. The highest BCUT2D eigenvalue weighted by Gasteiger charge is 2.56. The number of hydrogen-bond acceptors (Lipinski definition) is 5. The van der Waals surface area contributed by atoms with Gasteiger partial charge < -0.3 is 19.5 Å². The predicted octanol–water partition coefficient (Wildman–Crippen LogP) is 3.59. The number of nitrogens with zero attached hydrogens (tertiary/aromatic N) is 4. The first-order valence-corrected chi connectivity index (χ1v) is 13.3. The van der Waals surface area contributed by atoms with E-state index in [1.807, 2.05) is 0 Å². The highest BCUT2D eigenvalue weighted by atomic mass is 19.4. The molecule has 11 heteroatoms. The maximum absolute atomic E-state index is 13.3. The first-order valence-electron chi connectivity index (χ1n) is 13.3. The fourth-order valence-electron chi connectivity index (χ4n) is 6.08. The topological polar surface area (TPSA) is 79.7 Å². The van der Waals surface area contributed by atoms with Crippen molar-refractivity contribution in [2.45, 2.75) is 51.1 Å². The Morgan fingerprint density at radius 3 is 2.55 bits per heavy atom. The summed E-state index contributed by atoms with van der Waals surface area (Å²) in [5.74, 6) is 0.595. The molecule has 2 heterocycles. The van der Waals surface area contributed by atoms with Crippen molar-refractivity contribution in [2.24, 2.45) is 24.8 Å². The van der Waals surface area contributed by atoms with Crippen molar-refractivity contribution in [1.82, 2.24) is 24.7 Å². The number of aryl methyl sites for hydroxylation is 1. The second-order valence-electron chi connectivity index (χ2n) is 10.9. The minimum Gasteiger partial charge on any atom is -0.406 e. The van der Waals surface area contributed by atoms with Gasteiger partial charge in [-0.2, -0.15) is 0 Å². The van der Waals surface area contributed by atoms with Crippen LogP contribution in [0.2, 0.25) is 0 Å². The Balaban J connectivity index is 1.19. The van der Waals surface area contributed by atoms with E-state index in [9.17, 15) is 22.8 Å². The van der Waals surface area contributed by atoms with E-state index in [1.54, 1.807) is 35.1 Å². The molecule has 3 fully saturated rings. The number of imidazole rings is 1. The van der Waals surface area contributed by atoms with Crippen LogP contribution in [-0.2, 0) is 18.4 Å². The van der Waals surface area contributed by atoms with Crippen LogP contribution in [0, 0.1) is 17.8 Å². The summed E-state index contributed by atoms with van der Waals surface area (Å²) >= 11 is 0. The molecule has 1 aromatic heterocycles. The lowest BCUT2D eigenvalue weighted by atomic mass is 9.95. The largest absolute Gasteiger partial charge is 0.573 e. The number of amides is 2. The lowest BCUT2D eigenvalue weighted by Gasteiger charge is -2.26. The van der Waals surface area contributed by atoms with Gasteiger partial charge in [-0.05, 0) is 48.3 Å². The Kier molecular flexibility index (Phi) is 7.65. The number of piperidine rings is 1. The Labute approximate surface area is 220 Å². The molecule has 2 amide bonds. The first kappa shape index (κ1) is 26.5. The number of fused-ring (bicyclic) bond motifs is 1. The maximum Gasteiger partial charge on any atom is 0.573 e. The SMILES string of the molecule is Cn1cnc(C(=O)N(Cc2cccc(OC(F)(F)F)c2)CC2C3CN(CC(=O)NC4CCCCC4)CC32)c1. The molecule has 1 N–H and O–H groups in total. The molecule has 2 aliphatic carbocycles. The number of halogens is 3. The van der Waals surface area contributed by atoms with E-state index in [4.69, 9.17) is 0 Å². The molecule has 206 valence electrons. The van der Waals surface area contributed by atoms with E-state index in [2.05, 4.69) is 19.9 Å². The van der Waals surface area contributed by atoms with Gasteiger partial charge in [0.1, 0.15) is 11.4 Å². The Morgan fingerprint density at radius 2 is 1.89 bits per heavy atom. The van der Waals surface area contributed by atoms with Crippen LogP contribution < -0.4 is 10.1 Å². The maximum atomic E-state index is 13.3. The summed E-state index contributed by atoms with van der Waals surface area (Å²) in [6, 6.07) is 6.02. The number of nitrogens with one attached hydrogen (secondary N) is 1. The van der Waals surface area contributed by atoms with Crippen molar-refractivity contribution in [3.8, 4) is 5.75 Å². The number of rotatable bonds is 9. The fraction of sp³-hybridized carbons (Fsp3) is 0.593. The Bertz CT molecular complexity index is 1130. The Hall–Kier alpha value is -3.08. The van der Waals surface area contributed by atoms with Gasteiger partial charge in [-0.15, -0.1) is 13.2 Å². The van der Waals surface area contributed by atoms with E-state index in [1.165, 1.54) is 37.5 Å². The molecule has 0 radical (unpaired) electrons. The molecule has 1 saturated heterocycles. The van der Waals surface area contributed by atoms with Crippen LogP contribution in [0.1, 0.15) is 48.2 Å². The van der Waals surface area contributed by atoms with Gasteiger partial charge in [0.2, 0.25) is 5.91 Å². The number of benzene rings is 1. The highest BCUT2D eigenvalue weighted by molar-refractivity contribution is 5.92. The standard InChI is InChI=1S/C27H34F3N5O3/c1-33-15-24(31-17-33)26(37)35(11-18-6-5-9-20(10-18)38-27(28,29)30)14-23-21-12-34(13-22(21)23)16-25(36)32-19-7-3-2-4-8-19/h5-6,9-10,15,17,19,21-23H,2-4,7-8,11-14,16H2,1H3,(H,32,36). The van der Waals surface area contributed by atoms with Crippen molar-refractivity contribution in [3.05, 3.63) is 48.0 Å². The molecule has 5 rings (SSSR count). The minimum atomic E-state index is -4.78. The number of ether oxygens (including phenoxy) is 1. The molecule has 38 heavy (non-hydrogen) atoms. The average Bonchev–Trinajstić information content (AvgIpc) is 3.16. The molecule has 1 aliphatic heterocycles. The third kappa shape index (κ3) is 6.67. The molecule has 2 atom stereocenters. The number of aromatic nitrogens is 2. The van der Waals surface area contributed by atoms with Crippen molar-refractivity contribution in [3.63, 3.8) is 0 Å². The van der Waals surface area contributed by atoms with Crippen LogP contribution in [-0.4, -0.2) is 69.7 Å². The Morgan fingerprint density at radius 1 is 1.16 bits per heavy atom. The molecule has 8 nitrogen and oxygen atoms in total. The molecular formula is C27H34F3N5O3. The predicted molar refractivity (Wildman–Crippen MR) is 133 cm³/mol. The summed E-state index contributed by atoms with van der Waals surface area (Å²) in [6.45, 7) is 2.66. The second-order valence-corrected chi connectivity index (χ2v) is 10.9. The summed E-state index contributed by atoms with van der Waals surface area (Å²) in [6.07, 6.45) is 4.11. The van der Waals surface area contributed by atoms with Gasteiger partial charge in [0.25, 0.3) is 5.91 Å². The van der Waals surface area contributed by atoms with Crippen molar-refractivity contribution >= 4 is 11.8 Å². The highest BCUT2D eigenvalue weighted by Crippen LogP contribution is 2.52. The molecule has 0 spiro atoms. The summed E-state index contributed by atoms with van der Waals surface area (Å²) in [4.78, 5) is 33.9. The molecular weight excluding hydrogens is 499 g/mol. The molecule has 2 aromatic rings. The minimum absolute atomic E-state index is 0.0858. The zero-order chi connectivity index (χ0) is 26.9. The third-order valence-corrected chi connectivity index (χ3v) is 7.93. The summed E-state index contributed by atoms with van der Waals surface area (Å²) < 4.78 is 43.8. The molecule has 0 bridgehead atoms. The average molecular weight is 534 g/mol. The van der Waals surface area contributed by atoms with Crippen molar-refractivity contribution in [2.75, 3.05) is 26.2 Å². The van der Waals surface area contributed by atoms with Gasteiger partial charge in [-0.1, -0.05) is 31.4 Å². The van der Waals surface area contributed by atoms with Gasteiger partial charge in [-0.3, -0.25) is 14.5 Å². The first-order chi connectivity index (χ1) is 18.1. The van der Waals surface area contributed by atoms with E-state index in [-0.39, 0.29) is 30.0 Å². The van der Waals surface area contributed by atoms with Crippen LogP contribution >= 0.6 is 0 Å². The van der Waals surface area contributed by atoms with Crippen LogP contribution in [0.25, 0.3) is 0 Å². The van der Waals surface area contributed by atoms with Gasteiger partial charge in [0.15, 0.2) is 0 Å². The van der Waals surface area contributed by atoms with E-state index >= 15 is 0 Å². The quantitative estimate of drug-likeness (QED) is 0.533. The zero-order valence-electron chi connectivity index (χ0n) is 21.5. The van der Waals surface area contributed by atoms with Gasteiger partial charge in [0, 0.05) is 45.5 Å². The molecule has 3 aliphatic rings. The van der Waals surface area contributed by atoms with Crippen LogP contribution in [0.3, 0.4) is 0 Å². The molecule has 2 unspecified atom stereocenters. The van der Waals surface area contributed by atoms with Gasteiger partial charge >= 0.3 is 6.36 Å². The smallest absolute Gasteiger partial charge is 0.406 e. The van der Waals surface area contributed by atoms with E-state index in [0.717, 1.165) is 25.9 Å². The number of carbonyl (C=O) groups excluding carboxylic acids is 2. The number of hydrogen-bond donors (Lipinski definition) is 1. The van der Waals surface area contributed by atoms with Crippen molar-refractivity contribution < 1.29 is 27.5 Å².